The zero-order chi connectivity index (χ0) is 21.3. The van der Waals surface area contributed by atoms with Crippen molar-refractivity contribution >= 4 is 45.0 Å². The topological polar surface area (TPSA) is 81.0 Å². The van der Waals surface area contributed by atoms with E-state index in [4.69, 9.17) is 4.74 Å². The number of nitrogens with zero attached hydrogens (tertiary/aromatic N) is 3. The minimum Gasteiger partial charge on any atom is -0.495 e. The largest absolute Gasteiger partial charge is 0.495 e. The second-order valence-electron chi connectivity index (χ2n) is 6.68. The highest BCUT2D eigenvalue weighted by Crippen LogP contribution is 2.27. The molecule has 1 aliphatic heterocycles. The van der Waals surface area contributed by atoms with Gasteiger partial charge in [-0.05, 0) is 36.4 Å². The van der Waals surface area contributed by atoms with Crippen LogP contribution in [0.4, 0.5) is 5.69 Å². The van der Waals surface area contributed by atoms with E-state index in [1.807, 2.05) is 22.8 Å². The van der Waals surface area contributed by atoms with Crippen LogP contribution in [0.3, 0.4) is 0 Å². The molecule has 0 bridgehead atoms. The zero-order valence-electron chi connectivity index (χ0n) is 16.3. The predicted octanol–water partition coefficient (Wildman–Crippen LogP) is 3.29. The predicted molar refractivity (Wildman–Crippen MR) is 115 cm³/mol. The maximum Gasteiger partial charge on any atom is 0.279 e. The molecule has 1 fully saturated rings. The quantitative estimate of drug-likeness (QED) is 0.468. The number of anilines is 1. The minimum absolute atomic E-state index is 0.216. The summed E-state index contributed by atoms with van der Waals surface area (Å²) in [6.07, 6.45) is 2.17. The number of amides is 3. The molecule has 2 heterocycles. The first-order chi connectivity index (χ1) is 14.5. The second kappa shape index (κ2) is 8.08. The van der Waals surface area contributed by atoms with Crippen LogP contribution in [0.15, 0.2) is 60.1 Å². The number of hydrogen-bond donors (Lipinski definition) is 0. The average molecular weight is 421 g/mol. The summed E-state index contributed by atoms with van der Waals surface area (Å²) < 4.78 is 8.30. The Morgan fingerprint density at radius 1 is 1.17 bits per heavy atom. The van der Waals surface area contributed by atoms with Crippen LogP contribution in [0, 0.1) is 0 Å². The number of carbonyl (C=O) groups is 3. The van der Waals surface area contributed by atoms with Crippen molar-refractivity contribution in [1.82, 2.24) is 4.57 Å². The average Bonchev–Trinajstić information content (AvgIpc) is 3.27. The molecule has 0 spiro atoms. The molecule has 4 rings (SSSR count). The number of allylic oxidation sites excluding steroid dienone is 1. The third-order valence-corrected chi connectivity index (χ3v) is 5.86. The summed E-state index contributed by atoms with van der Waals surface area (Å²) in [6, 6.07) is 12.0. The summed E-state index contributed by atoms with van der Waals surface area (Å²) in [6.45, 7) is 4.27. The number of aromatic nitrogens is 1. The Balaban J connectivity index is 1.71. The Kier molecular flexibility index (Phi) is 5.33. The van der Waals surface area contributed by atoms with Gasteiger partial charge < -0.3 is 9.30 Å². The Bertz CT molecular complexity index is 1220. The number of carbonyl (C=O) groups excluding carboxylic acids is 3. The first kappa shape index (κ1) is 19.8. The van der Waals surface area contributed by atoms with Crippen molar-refractivity contribution in [2.75, 3.05) is 12.0 Å². The molecule has 1 aliphatic rings. The van der Waals surface area contributed by atoms with Gasteiger partial charge in [0.1, 0.15) is 11.3 Å². The summed E-state index contributed by atoms with van der Waals surface area (Å²) in [5.41, 5.74) is 1.69. The summed E-state index contributed by atoms with van der Waals surface area (Å²) in [7, 11) is 1.60. The van der Waals surface area contributed by atoms with E-state index in [-0.39, 0.29) is 24.7 Å². The van der Waals surface area contributed by atoms with E-state index >= 15 is 0 Å². The lowest BCUT2D eigenvalue weighted by Gasteiger charge is -2.13. The van der Waals surface area contributed by atoms with Crippen LogP contribution < -0.4 is 14.4 Å². The summed E-state index contributed by atoms with van der Waals surface area (Å²) in [5.74, 6) is -0.172. The number of ether oxygens (including phenoxy) is 1. The van der Waals surface area contributed by atoms with Crippen molar-refractivity contribution in [3.05, 3.63) is 65.5 Å². The van der Waals surface area contributed by atoms with Crippen molar-refractivity contribution in [2.24, 2.45) is 4.99 Å². The van der Waals surface area contributed by atoms with Crippen LogP contribution in [-0.2, 0) is 16.1 Å². The molecule has 0 atom stereocenters. The van der Waals surface area contributed by atoms with E-state index in [2.05, 4.69) is 11.6 Å². The standard InChI is InChI=1S/C22H19N3O4S/c1-3-13-24-20-16(29-2)5-4-6-17(20)30-22(24)23-21(28)14-7-9-15(10-8-14)25-18(26)11-12-19(25)27/h3-10H,1,11-13H2,2H3. The zero-order valence-corrected chi connectivity index (χ0v) is 17.1. The van der Waals surface area contributed by atoms with Gasteiger partial charge in [0.2, 0.25) is 11.8 Å². The maximum absolute atomic E-state index is 12.8. The molecule has 0 aliphatic carbocycles. The third kappa shape index (κ3) is 3.46. The fourth-order valence-corrected chi connectivity index (χ4v) is 4.47. The van der Waals surface area contributed by atoms with Crippen LogP contribution >= 0.6 is 11.3 Å². The Morgan fingerprint density at radius 3 is 2.50 bits per heavy atom. The van der Waals surface area contributed by atoms with Gasteiger partial charge in [0.05, 0.1) is 17.5 Å². The number of fused-ring (bicyclic) bond motifs is 1. The van der Waals surface area contributed by atoms with Crippen molar-refractivity contribution in [3.8, 4) is 5.75 Å². The normalized spacial score (nSPS) is 14.6. The van der Waals surface area contributed by atoms with E-state index in [9.17, 15) is 14.4 Å². The van der Waals surface area contributed by atoms with Gasteiger partial charge in [-0.2, -0.15) is 4.99 Å². The third-order valence-electron chi connectivity index (χ3n) is 4.82. The number of imide groups is 1. The molecule has 152 valence electrons. The van der Waals surface area contributed by atoms with E-state index in [0.717, 1.165) is 15.1 Å². The molecular weight excluding hydrogens is 402 g/mol. The molecule has 8 heteroatoms. The highest BCUT2D eigenvalue weighted by atomic mass is 32.1. The number of thiazole rings is 1. The highest BCUT2D eigenvalue weighted by Gasteiger charge is 2.30. The molecule has 0 unspecified atom stereocenters. The van der Waals surface area contributed by atoms with Crippen LogP contribution in [0.25, 0.3) is 10.2 Å². The molecule has 3 aromatic rings. The van der Waals surface area contributed by atoms with Gasteiger partial charge in [0, 0.05) is 24.9 Å². The van der Waals surface area contributed by atoms with E-state index < -0.39 is 5.91 Å². The molecule has 1 saturated heterocycles. The highest BCUT2D eigenvalue weighted by molar-refractivity contribution is 7.16. The van der Waals surface area contributed by atoms with Crippen LogP contribution in [0.5, 0.6) is 5.75 Å². The lowest BCUT2D eigenvalue weighted by atomic mass is 10.2. The number of benzene rings is 2. The van der Waals surface area contributed by atoms with E-state index in [1.165, 1.54) is 11.3 Å². The van der Waals surface area contributed by atoms with Crippen LogP contribution in [0.2, 0.25) is 0 Å². The Hall–Kier alpha value is -3.52. The first-order valence-corrected chi connectivity index (χ1v) is 10.2. The van der Waals surface area contributed by atoms with Gasteiger partial charge in [-0.25, -0.2) is 0 Å². The lowest BCUT2D eigenvalue weighted by molar-refractivity contribution is -0.121. The number of para-hydroxylation sites is 1. The summed E-state index contributed by atoms with van der Waals surface area (Å²) >= 11 is 1.39. The van der Waals surface area contributed by atoms with E-state index in [0.29, 0.717) is 28.3 Å². The number of rotatable bonds is 5. The summed E-state index contributed by atoms with van der Waals surface area (Å²) in [5, 5.41) is 0. The maximum atomic E-state index is 12.8. The molecule has 0 radical (unpaired) electrons. The van der Waals surface area contributed by atoms with Gasteiger partial charge in [-0.1, -0.05) is 23.5 Å². The molecule has 7 nitrogen and oxygen atoms in total. The molecule has 2 aromatic carbocycles. The lowest BCUT2D eigenvalue weighted by Crippen LogP contribution is -2.28. The van der Waals surface area contributed by atoms with E-state index in [1.54, 1.807) is 37.5 Å². The number of hydrogen-bond acceptors (Lipinski definition) is 5. The van der Waals surface area contributed by atoms with Gasteiger partial charge in [-0.15, -0.1) is 6.58 Å². The van der Waals surface area contributed by atoms with Crippen LogP contribution in [0.1, 0.15) is 23.2 Å². The number of methoxy groups -OCH3 is 1. The van der Waals surface area contributed by atoms with Gasteiger partial charge in [0.15, 0.2) is 4.80 Å². The monoisotopic (exact) mass is 421 g/mol. The smallest absolute Gasteiger partial charge is 0.279 e. The van der Waals surface area contributed by atoms with Gasteiger partial charge in [-0.3, -0.25) is 19.3 Å². The Morgan fingerprint density at radius 2 is 1.87 bits per heavy atom. The van der Waals surface area contributed by atoms with Crippen molar-refractivity contribution in [3.63, 3.8) is 0 Å². The van der Waals surface area contributed by atoms with Gasteiger partial charge >= 0.3 is 0 Å². The van der Waals surface area contributed by atoms with Crippen molar-refractivity contribution in [1.29, 1.82) is 0 Å². The van der Waals surface area contributed by atoms with Crippen molar-refractivity contribution in [2.45, 2.75) is 19.4 Å². The summed E-state index contributed by atoms with van der Waals surface area (Å²) in [4.78, 5) is 42.5. The molecule has 0 N–H and O–H groups in total. The van der Waals surface area contributed by atoms with Crippen LogP contribution in [-0.4, -0.2) is 29.4 Å². The fraction of sp³-hybridized carbons (Fsp3) is 0.182. The van der Waals surface area contributed by atoms with Gasteiger partial charge in [0.25, 0.3) is 5.91 Å². The second-order valence-corrected chi connectivity index (χ2v) is 7.69. The Labute approximate surface area is 176 Å². The fourth-order valence-electron chi connectivity index (χ4n) is 3.42. The SMILES string of the molecule is C=CCn1c(=NC(=O)c2ccc(N3C(=O)CCC3=O)cc2)sc2cccc(OC)c21. The van der Waals surface area contributed by atoms with Crippen molar-refractivity contribution < 1.29 is 19.1 Å². The molecule has 30 heavy (non-hydrogen) atoms. The minimum atomic E-state index is -0.413. The molecule has 3 amide bonds. The molecular formula is C22H19N3O4S. The molecule has 0 saturated carbocycles. The molecule has 1 aromatic heterocycles. The first-order valence-electron chi connectivity index (χ1n) is 9.35.